The molecule has 1 nitrogen and oxygen atoms in total. The predicted molar refractivity (Wildman–Crippen MR) is 76.6 cm³/mol. The Labute approximate surface area is 111 Å². The van der Waals surface area contributed by atoms with Crippen LogP contribution in [0.25, 0.3) is 0 Å². The zero-order valence-corrected chi connectivity index (χ0v) is 11.6. The Bertz CT molecular complexity index is 350. The second-order valence-corrected chi connectivity index (χ2v) is 5.71. The monoisotopic (exact) mass is 246 g/mol. The van der Waals surface area contributed by atoms with E-state index < -0.39 is 0 Å². The molecule has 100 valence electrons. The third-order valence-corrected chi connectivity index (χ3v) is 4.28. The zero-order valence-electron chi connectivity index (χ0n) is 11.6. The van der Waals surface area contributed by atoms with Crippen molar-refractivity contribution in [3.8, 4) is 0 Å². The fraction of sp³-hybridized carbons (Fsp3) is 0.647. The molecule has 1 saturated carbocycles. The van der Waals surface area contributed by atoms with Crippen LogP contribution in [0.4, 0.5) is 0 Å². The van der Waals surface area contributed by atoms with Crippen LogP contribution in [0.5, 0.6) is 0 Å². The molecule has 0 aliphatic heterocycles. The molecule has 1 aromatic carbocycles. The van der Waals surface area contributed by atoms with Gasteiger partial charge >= 0.3 is 0 Å². The SMILES string of the molecule is CCc1cccc(C(O)CC2CCCCCC2)c1. The first-order chi connectivity index (χ1) is 8.79. The second-order valence-electron chi connectivity index (χ2n) is 5.71. The second kappa shape index (κ2) is 6.94. The van der Waals surface area contributed by atoms with E-state index in [0.29, 0.717) is 0 Å². The summed E-state index contributed by atoms with van der Waals surface area (Å²) in [6.45, 7) is 2.16. The molecule has 1 N–H and O–H groups in total. The minimum Gasteiger partial charge on any atom is -0.388 e. The average molecular weight is 246 g/mol. The van der Waals surface area contributed by atoms with E-state index in [0.717, 1.165) is 24.3 Å². The Morgan fingerprint density at radius 2 is 1.89 bits per heavy atom. The van der Waals surface area contributed by atoms with E-state index >= 15 is 0 Å². The molecule has 1 heteroatoms. The van der Waals surface area contributed by atoms with Gasteiger partial charge in [0, 0.05) is 0 Å². The Kier molecular flexibility index (Phi) is 5.25. The van der Waals surface area contributed by atoms with Crippen LogP contribution in [0.1, 0.15) is 69.1 Å². The fourth-order valence-electron chi connectivity index (χ4n) is 3.07. The van der Waals surface area contributed by atoms with Gasteiger partial charge in [0.1, 0.15) is 0 Å². The highest BCUT2D eigenvalue weighted by atomic mass is 16.3. The lowest BCUT2D eigenvalue weighted by Crippen LogP contribution is -2.07. The third kappa shape index (κ3) is 3.84. The van der Waals surface area contributed by atoms with Gasteiger partial charge < -0.3 is 5.11 Å². The van der Waals surface area contributed by atoms with Crippen LogP contribution in [0.3, 0.4) is 0 Å². The number of aliphatic hydroxyl groups is 1. The summed E-state index contributed by atoms with van der Waals surface area (Å²) in [5.74, 6) is 0.729. The lowest BCUT2D eigenvalue weighted by atomic mass is 9.90. The quantitative estimate of drug-likeness (QED) is 0.767. The minimum atomic E-state index is -0.264. The standard InChI is InChI=1S/C17H26O/c1-2-14-10-7-11-16(12-14)17(18)13-15-8-5-3-4-6-9-15/h7,10-12,15,17-18H,2-6,8-9,13H2,1H3. The molecule has 0 radical (unpaired) electrons. The van der Waals surface area contributed by atoms with Crippen LogP contribution < -0.4 is 0 Å². The summed E-state index contributed by atoms with van der Waals surface area (Å²) in [7, 11) is 0. The molecular weight excluding hydrogens is 220 g/mol. The van der Waals surface area contributed by atoms with Crippen molar-refractivity contribution in [2.75, 3.05) is 0 Å². The molecule has 1 unspecified atom stereocenters. The third-order valence-electron chi connectivity index (χ3n) is 4.28. The van der Waals surface area contributed by atoms with Crippen LogP contribution in [0.15, 0.2) is 24.3 Å². The summed E-state index contributed by atoms with van der Waals surface area (Å²) < 4.78 is 0. The number of rotatable bonds is 4. The normalized spacial score (nSPS) is 19.4. The molecule has 0 spiro atoms. The molecule has 0 heterocycles. The number of aryl methyl sites for hydroxylation is 1. The van der Waals surface area contributed by atoms with E-state index in [-0.39, 0.29) is 6.10 Å². The van der Waals surface area contributed by atoms with Crippen molar-refractivity contribution in [3.05, 3.63) is 35.4 Å². The molecule has 1 aromatic rings. The summed E-state index contributed by atoms with van der Waals surface area (Å²) in [4.78, 5) is 0. The Hall–Kier alpha value is -0.820. The number of aliphatic hydroxyl groups excluding tert-OH is 1. The number of hydrogen-bond donors (Lipinski definition) is 1. The molecule has 1 atom stereocenters. The molecule has 2 rings (SSSR count). The molecule has 1 fully saturated rings. The van der Waals surface area contributed by atoms with Crippen LogP contribution in [0.2, 0.25) is 0 Å². The smallest absolute Gasteiger partial charge is 0.0792 e. The highest BCUT2D eigenvalue weighted by Crippen LogP contribution is 2.31. The van der Waals surface area contributed by atoms with E-state index in [4.69, 9.17) is 0 Å². The summed E-state index contributed by atoms with van der Waals surface area (Å²) in [6, 6.07) is 8.45. The van der Waals surface area contributed by atoms with Crippen LogP contribution in [0, 0.1) is 5.92 Å². The Morgan fingerprint density at radius 1 is 1.17 bits per heavy atom. The highest BCUT2D eigenvalue weighted by Gasteiger charge is 2.17. The lowest BCUT2D eigenvalue weighted by molar-refractivity contribution is 0.139. The summed E-state index contributed by atoms with van der Waals surface area (Å²) in [6.07, 6.45) is 9.83. The molecule has 0 bridgehead atoms. The molecule has 0 amide bonds. The average Bonchev–Trinajstić information content (AvgIpc) is 2.67. The van der Waals surface area contributed by atoms with Gasteiger partial charge in [0.05, 0.1) is 6.10 Å². The largest absolute Gasteiger partial charge is 0.388 e. The first-order valence-corrected chi connectivity index (χ1v) is 7.56. The molecule has 0 saturated heterocycles. The van der Waals surface area contributed by atoms with Gasteiger partial charge in [0.25, 0.3) is 0 Å². The van der Waals surface area contributed by atoms with Gasteiger partial charge in [-0.3, -0.25) is 0 Å². The van der Waals surface area contributed by atoms with Crippen molar-refractivity contribution >= 4 is 0 Å². The number of benzene rings is 1. The summed E-state index contributed by atoms with van der Waals surface area (Å²) in [5, 5.41) is 10.4. The van der Waals surface area contributed by atoms with E-state index in [1.165, 1.54) is 44.1 Å². The predicted octanol–water partition coefficient (Wildman–Crippen LogP) is 4.64. The van der Waals surface area contributed by atoms with Gasteiger partial charge in [0.2, 0.25) is 0 Å². The maximum atomic E-state index is 10.4. The minimum absolute atomic E-state index is 0.264. The van der Waals surface area contributed by atoms with Crippen molar-refractivity contribution in [2.45, 2.75) is 64.4 Å². The van der Waals surface area contributed by atoms with Crippen LogP contribution >= 0.6 is 0 Å². The Balaban J connectivity index is 1.95. The Morgan fingerprint density at radius 3 is 2.56 bits per heavy atom. The zero-order chi connectivity index (χ0) is 12.8. The maximum Gasteiger partial charge on any atom is 0.0792 e. The molecular formula is C17H26O. The van der Waals surface area contributed by atoms with Crippen molar-refractivity contribution in [2.24, 2.45) is 5.92 Å². The first-order valence-electron chi connectivity index (χ1n) is 7.56. The van der Waals surface area contributed by atoms with Gasteiger partial charge in [-0.15, -0.1) is 0 Å². The summed E-state index contributed by atoms with van der Waals surface area (Å²) >= 11 is 0. The van der Waals surface area contributed by atoms with Crippen molar-refractivity contribution in [1.29, 1.82) is 0 Å². The van der Waals surface area contributed by atoms with Crippen molar-refractivity contribution in [3.63, 3.8) is 0 Å². The fourth-order valence-corrected chi connectivity index (χ4v) is 3.07. The van der Waals surface area contributed by atoms with Crippen LogP contribution in [-0.2, 0) is 6.42 Å². The summed E-state index contributed by atoms with van der Waals surface area (Å²) in [5.41, 5.74) is 2.44. The van der Waals surface area contributed by atoms with Gasteiger partial charge in [-0.1, -0.05) is 69.7 Å². The first kappa shape index (κ1) is 13.6. The van der Waals surface area contributed by atoms with E-state index in [9.17, 15) is 5.11 Å². The highest BCUT2D eigenvalue weighted by molar-refractivity contribution is 5.25. The van der Waals surface area contributed by atoms with E-state index in [1.807, 2.05) is 0 Å². The molecule has 0 aromatic heterocycles. The van der Waals surface area contributed by atoms with Crippen LogP contribution in [-0.4, -0.2) is 5.11 Å². The van der Waals surface area contributed by atoms with Crippen molar-refractivity contribution < 1.29 is 5.11 Å². The lowest BCUT2D eigenvalue weighted by Gasteiger charge is -2.19. The van der Waals surface area contributed by atoms with Gasteiger partial charge in [-0.25, -0.2) is 0 Å². The topological polar surface area (TPSA) is 20.2 Å². The van der Waals surface area contributed by atoms with E-state index in [2.05, 4.69) is 31.2 Å². The van der Waals surface area contributed by atoms with Gasteiger partial charge in [-0.2, -0.15) is 0 Å². The maximum absolute atomic E-state index is 10.4. The van der Waals surface area contributed by atoms with E-state index in [1.54, 1.807) is 0 Å². The molecule has 1 aliphatic rings. The molecule has 18 heavy (non-hydrogen) atoms. The molecule has 1 aliphatic carbocycles. The number of hydrogen-bond acceptors (Lipinski definition) is 1. The van der Waals surface area contributed by atoms with Gasteiger partial charge in [-0.05, 0) is 29.9 Å². The van der Waals surface area contributed by atoms with Crippen molar-refractivity contribution in [1.82, 2.24) is 0 Å². The van der Waals surface area contributed by atoms with Gasteiger partial charge in [0.15, 0.2) is 0 Å².